The van der Waals surface area contributed by atoms with Gasteiger partial charge in [0.1, 0.15) is 0 Å². The van der Waals surface area contributed by atoms with Gasteiger partial charge in [0, 0.05) is 0 Å². The molecule has 0 atom stereocenters. The Kier molecular flexibility index (Phi) is 4.23. The Morgan fingerprint density at radius 3 is 1.17 bits per heavy atom. The lowest BCUT2D eigenvalue weighted by atomic mass is 10.5. The molecule has 0 amide bonds. The summed E-state index contributed by atoms with van der Waals surface area (Å²) in [7, 11) is 0. The van der Waals surface area contributed by atoms with Crippen LogP contribution in [0.4, 0.5) is 0 Å². The molecule has 2 nitrogen and oxygen atoms in total. The Labute approximate surface area is 71.1 Å². The molecule has 0 radical (unpaired) electrons. The van der Waals surface area contributed by atoms with E-state index in [-0.39, 0.29) is 0 Å². The molecule has 62 valence electrons. The molecule has 0 N–H and O–H groups in total. The van der Waals surface area contributed by atoms with Gasteiger partial charge in [0.2, 0.25) is 0 Å². The highest BCUT2D eigenvalue weighted by Crippen LogP contribution is 1.80. The minimum Gasteiger partial charge on any atom is -0.473 e. The van der Waals surface area contributed by atoms with E-state index in [0.717, 1.165) is 0 Å². The van der Waals surface area contributed by atoms with Crippen molar-refractivity contribution in [3.05, 3.63) is 61.5 Å². The zero-order chi connectivity index (χ0) is 8.49. The molecule has 0 aliphatic heterocycles. The van der Waals surface area contributed by atoms with Gasteiger partial charge in [-0.15, -0.1) is 0 Å². The van der Waals surface area contributed by atoms with Crippen LogP contribution in [0, 0.1) is 0 Å². The molecule has 1 heterocycles. The summed E-state index contributed by atoms with van der Waals surface area (Å²) in [5, 5.41) is 0. The largest absolute Gasteiger partial charge is 0.473 e. The summed E-state index contributed by atoms with van der Waals surface area (Å²) in [5.41, 5.74) is 0. The van der Waals surface area contributed by atoms with E-state index in [1.165, 1.54) is 0 Å². The van der Waals surface area contributed by atoms with Crippen molar-refractivity contribution < 1.29 is 8.83 Å². The third-order valence-corrected chi connectivity index (χ3v) is 1.07. The molecule has 0 bridgehead atoms. The molecule has 0 aliphatic carbocycles. The first-order valence-corrected chi connectivity index (χ1v) is 3.61. The molecule has 0 spiro atoms. The van der Waals surface area contributed by atoms with Crippen LogP contribution in [0.2, 0.25) is 0 Å². The standard InChI is InChI=1S/C10H10O2/c1-2-4-8-12-10-6-5-9-11-7-3-1/h1-10H. The van der Waals surface area contributed by atoms with E-state index in [4.69, 9.17) is 8.83 Å². The third kappa shape index (κ3) is 4.17. The van der Waals surface area contributed by atoms with Crippen LogP contribution < -0.4 is 0 Å². The maximum absolute atomic E-state index is 4.96. The Morgan fingerprint density at radius 1 is 0.417 bits per heavy atom. The van der Waals surface area contributed by atoms with Crippen LogP contribution in [0.5, 0.6) is 0 Å². The monoisotopic (exact) mass is 162 g/mol. The quantitative estimate of drug-likeness (QED) is 0.585. The van der Waals surface area contributed by atoms with Gasteiger partial charge in [0.05, 0.1) is 25.1 Å². The number of rotatable bonds is 0. The van der Waals surface area contributed by atoms with Crippen molar-refractivity contribution in [2.75, 3.05) is 0 Å². The minimum absolute atomic E-state index is 1.56. The average molecular weight is 162 g/mol. The van der Waals surface area contributed by atoms with Gasteiger partial charge in [-0.25, -0.2) is 0 Å². The molecular weight excluding hydrogens is 152 g/mol. The SMILES string of the molecule is c1cccoccccocc1. The Hall–Kier alpha value is -1.70. The fourth-order valence-electron chi connectivity index (χ4n) is 0.582. The van der Waals surface area contributed by atoms with Gasteiger partial charge < -0.3 is 8.83 Å². The van der Waals surface area contributed by atoms with Gasteiger partial charge >= 0.3 is 0 Å². The summed E-state index contributed by atoms with van der Waals surface area (Å²) in [5.74, 6) is 0. The molecular formula is C10H10O2. The van der Waals surface area contributed by atoms with E-state index in [1.807, 2.05) is 12.1 Å². The highest BCUT2D eigenvalue weighted by molar-refractivity contribution is 4.86. The van der Waals surface area contributed by atoms with Gasteiger partial charge in [-0.1, -0.05) is 12.1 Å². The van der Waals surface area contributed by atoms with Gasteiger partial charge in [-0.2, -0.15) is 0 Å². The molecule has 0 fully saturated rings. The molecule has 0 saturated carbocycles. The molecule has 0 aliphatic rings. The number of hydrogen-bond donors (Lipinski definition) is 0. The molecule has 1 aromatic heterocycles. The Balaban J connectivity index is 3.00. The van der Waals surface area contributed by atoms with Crippen molar-refractivity contribution in [1.82, 2.24) is 0 Å². The van der Waals surface area contributed by atoms with E-state index >= 15 is 0 Å². The van der Waals surface area contributed by atoms with Crippen LogP contribution in [-0.2, 0) is 0 Å². The van der Waals surface area contributed by atoms with Crippen molar-refractivity contribution in [1.29, 1.82) is 0 Å². The predicted molar refractivity (Wildman–Crippen MR) is 46.2 cm³/mol. The van der Waals surface area contributed by atoms with E-state index < -0.39 is 0 Å². The van der Waals surface area contributed by atoms with Crippen LogP contribution in [0.3, 0.4) is 0 Å². The molecule has 0 unspecified atom stereocenters. The fourth-order valence-corrected chi connectivity index (χ4v) is 0.582. The first-order chi connectivity index (χ1) is 6.00. The van der Waals surface area contributed by atoms with Crippen LogP contribution in [-0.4, -0.2) is 0 Å². The first kappa shape index (κ1) is 8.40. The second-order valence-corrected chi connectivity index (χ2v) is 1.97. The highest BCUT2D eigenvalue weighted by Gasteiger charge is 1.59. The van der Waals surface area contributed by atoms with Crippen molar-refractivity contribution in [3.8, 4) is 0 Å². The molecule has 1 rings (SSSR count). The summed E-state index contributed by atoms with van der Waals surface area (Å²) >= 11 is 0. The molecule has 12 heavy (non-hydrogen) atoms. The summed E-state index contributed by atoms with van der Waals surface area (Å²) in [4.78, 5) is 0. The molecule has 2 heteroatoms. The van der Waals surface area contributed by atoms with Gasteiger partial charge in [-0.05, 0) is 24.3 Å². The second kappa shape index (κ2) is 6.04. The zero-order valence-corrected chi connectivity index (χ0v) is 6.59. The molecule has 0 saturated heterocycles. The maximum Gasteiger partial charge on any atom is 0.0902 e. The van der Waals surface area contributed by atoms with Crippen molar-refractivity contribution >= 4 is 0 Å². The summed E-state index contributed by atoms with van der Waals surface area (Å²) < 4.78 is 9.93. The topological polar surface area (TPSA) is 26.3 Å². The van der Waals surface area contributed by atoms with E-state index in [2.05, 4.69) is 0 Å². The van der Waals surface area contributed by atoms with Gasteiger partial charge in [0.15, 0.2) is 0 Å². The fraction of sp³-hybridized carbons (Fsp3) is 0. The van der Waals surface area contributed by atoms with E-state index in [1.54, 1.807) is 49.3 Å². The Bertz CT molecular complexity index is 183. The third-order valence-electron chi connectivity index (χ3n) is 1.07. The van der Waals surface area contributed by atoms with Gasteiger partial charge in [0.25, 0.3) is 0 Å². The van der Waals surface area contributed by atoms with Crippen molar-refractivity contribution in [3.63, 3.8) is 0 Å². The lowest BCUT2D eigenvalue weighted by molar-refractivity contribution is 0.547. The van der Waals surface area contributed by atoms with Crippen LogP contribution in [0.15, 0.2) is 70.3 Å². The summed E-state index contributed by atoms with van der Waals surface area (Å²) in [6.45, 7) is 0. The van der Waals surface area contributed by atoms with Crippen LogP contribution in [0.25, 0.3) is 0 Å². The van der Waals surface area contributed by atoms with Crippen LogP contribution in [0.1, 0.15) is 0 Å². The Morgan fingerprint density at radius 2 is 0.750 bits per heavy atom. The van der Waals surface area contributed by atoms with Crippen molar-refractivity contribution in [2.45, 2.75) is 0 Å². The smallest absolute Gasteiger partial charge is 0.0902 e. The highest BCUT2D eigenvalue weighted by atomic mass is 16.3. The molecule has 1 aromatic rings. The van der Waals surface area contributed by atoms with Crippen LogP contribution >= 0.6 is 0 Å². The number of hydrogen-bond acceptors (Lipinski definition) is 2. The van der Waals surface area contributed by atoms with E-state index in [0.29, 0.717) is 0 Å². The summed E-state index contributed by atoms with van der Waals surface area (Å²) in [6.07, 6.45) is 6.32. The normalized spacial score (nSPS) is 8.00. The molecule has 0 aromatic carbocycles. The lowest BCUT2D eigenvalue weighted by Gasteiger charge is -1.72. The second-order valence-electron chi connectivity index (χ2n) is 1.97. The zero-order valence-electron chi connectivity index (χ0n) is 6.59. The summed E-state index contributed by atoms with van der Waals surface area (Å²) in [6, 6.07) is 10.8. The average Bonchev–Trinajstić information content (AvgIpc) is 2.05. The maximum atomic E-state index is 4.96. The van der Waals surface area contributed by atoms with Crippen molar-refractivity contribution in [2.24, 2.45) is 0 Å². The van der Waals surface area contributed by atoms with Gasteiger partial charge in [-0.3, -0.25) is 0 Å². The minimum atomic E-state index is 1.56. The first-order valence-electron chi connectivity index (χ1n) is 3.61. The lowest BCUT2D eigenvalue weighted by Crippen LogP contribution is -1.47. The predicted octanol–water partition coefficient (Wildman–Crippen LogP) is 3.12. The van der Waals surface area contributed by atoms with E-state index in [9.17, 15) is 0 Å².